The fourth-order valence-electron chi connectivity index (χ4n) is 10.0. The van der Waals surface area contributed by atoms with Crippen molar-refractivity contribution in [1.29, 1.82) is 0 Å². The van der Waals surface area contributed by atoms with E-state index < -0.39 is 0 Å². The summed E-state index contributed by atoms with van der Waals surface area (Å²) in [5.41, 5.74) is 15.5. The Morgan fingerprint density at radius 1 is 0.419 bits per heavy atom. The van der Waals surface area contributed by atoms with Crippen LogP contribution in [0.3, 0.4) is 0 Å². The Labute approximate surface area is 365 Å². The second-order valence-electron chi connectivity index (χ2n) is 16.1. The summed E-state index contributed by atoms with van der Waals surface area (Å²) >= 11 is 3.52. The highest BCUT2D eigenvalue weighted by atomic mass is 32.1. The molecule has 6 nitrogen and oxygen atoms in total. The maximum atomic E-state index is 6.50. The third-order valence-electron chi connectivity index (χ3n) is 12.6. The molecular weight excluding hydrogens is 801 g/mol. The smallest absolute Gasteiger partial charge is 0.151 e. The molecule has 0 saturated heterocycles. The van der Waals surface area contributed by atoms with Gasteiger partial charge >= 0.3 is 0 Å². The molecule has 4 aliphatic carbocycles. The molecule has 0 radical (unpaired) electrons. The Bertz CT molecular complexity index is 3370. The molecule has 2 unspecified atom stereocenters. The van der Waals surface area contributed by atoms with Crippen molar-refractivity contribution in [2.24, 2.45) is 11.8 Å². The van der Waals surface area contributed by atoms with E-state index in [1.54, 1.807) is 22.7 Å². The number of nitrogens with zero attached hydrogens (tertiary/aromatic N) is 4. The lowest BCUT2D eigenvalue weighted by Crippen LogP contribution is -2.34. The van der Waals surface area contributed by atoms with E-state index in [0.717, 1.165) is 89.3 Å². The maximum Gasteiger partial charge on any atom is 0.151 e. The summed E-state index contributed by atoms with van der Waals surface area (Å²) in [6.07, 6.45) is 14.5. The minimum atomic E-state index is 0.0405. The molecule has 2 aromatic heterocycles. The van der Waals surface area contributed by atoms with Crippen LogP contribution in [0, 0.1) is 11.8 Å². The van der Waals surface area contributed by atoms with Crippen LogP contribution in [0.1, 0.15) is 10.0 Å². The Kier molecular flexibility index (Phi) is 7.17. The van der Waals surface area contributed by atoms with E-state index in [0.29, 0.717) is 0 Å². The van der Waals surface area contributed by atoms with Crippen molar-refractivity contribution < 1.29 is 9.47 Å². The van der Waals surface area contributed by atoms with Gasteiger partial charge in [-0.15, -0.1) is 22.7 Å². The SMILES string of the molecule is C1=C(c2nc3ccccc3s2)C2=CC(N3c4ccccc4Oc4ccccc43)=CC3=CC(c4nc5ccccc5s4)=C4C=C(N5c6ccccc6Oc6ccccc65)C=C1C4C32. The summed E-state index contributed by atoms with van der Waals surface area (Å²) in [5.74, 6) is 3.39. The maximum absolute atomic E-state index is 6.50. The lowest BCUT2D eigenvalue weighted by Gasteiger charge is -2.45. The Morgan fingerprint density at radius 2 is 0.887 bits per heavy atom. The largest absolute Gasteiger partial charge is 0.453 e. The van der Waals surface area contributed by atoms with Gasteiger partial charge in [0.15, 0.2) is 23.0 Å². The molecule has 0 N–H and O–H groups in total. The van der Waals surface area contributed by atoms with Crippen LogP contribution in [0.4, 0.5) is 22.7 Å². The molecule has 4 heterocycles. The predicted molar refractivity (Wildman–Crippen MR) is 252 cm³/mol. The normalized spacial score (nSPS) is 19.0. The van der Waals surface area contributed by atoms with E-state index >= 15 is 0 Å². The standard InChI is InChI=1S/C54H32N4O2S2/c1-11-23-49-39(13-1)55-53(61-49)37-27-31-25-34(58-43-17-5-9-21-47(43)60-48-22-10-6-18-44(48)58)30-36-38(54-56-40-14-2-12-24-50(40)62-54)28-32-26-33(29-35(37)51(32)52(31)36)57-41-15-3-7-19-45(41)59-46-20-8-4-16-42(46)57/h1-30,51-52H. The van der Waals surface area contributed by atoms with E-state index in [1.807, 2.05) is 24.3 Å². The molecule has 0 saturated carbocycles. The number of para-hydroxylation sites is 10. The van der Waals surface area contributed by atoms with Gasteiger partial charge in [0.2, 0.25) is 0 Å². The summed E-state index contributed by atoms with van der Waals surface area (Å²) in [6, 6.07) is 50.3. The average Bonchev–Trinajstić information content (AvgIpc) is 3.96. The summed E-state index contributed by atoms with van der Waals surface area (Å²) in [7, 11) is 0. The summed E-state index contributed by atoms with van der Waals surface area (Å²) < 4.78 is 15.4. The van der Waals surface area contributed by atoms with Gasteiger partial charge in [-0.1, -0.05) is 72.8 Å². The number of thiazole rings is 2. The fraction of sp³-hybridized carbons (Fsp3) is 0.0370. The van der Waals surface area contributed by atoms with Crippen molar-refractivity contribution in [3.63, 3.8) is 0 Å². The van der Waals surface area contributed by atoms with Crippen molar-refractivity contribution in [1.82, 2.24) is 9.97 Å². The van der Waals surface area contributed by atoms with E-state index in [2.05, 4.69) is 168 Å². The van der Waals surface area contributed by atoms with Gasteiger partial charge in [-0.05, 0) is 132 Å². The van der Waals surface area contributed by atoms with Crippen LogP contribution in [-0.2, 0) is 0 Å². The average molecular weight is 833 g/mol. The van der Waals surface area contributed by atoms with Crippen LogP contribution in [0.2, 0.25) is 0 Å². The minimum Gasteiger partial charge on any atom is -0.453 e. The molecule has 0 amide bonds. The lowest BCUT2D eigenvalue weighted by molar-refractivity contribution is 0.475. The number of allylic oxidation sites excluding steroid dienone is 12. The zero-order valence-electron chi connectivity index (χ0n) is 32.9. The van der Waals surface area contributed by atoms with Gasteiger partial charge in [0.25, 0.3) is 0 Å². The van der Waals surface area contributed by atoms with Crippen LogP contribution in [-0.4, -0.2) is 9.97 Å². The molecule has 14 rings (SSSR count). The van der Waals surface area contributed by atoms with Crippen LogP contribution < -0.4 is 19.3 Å². The van der Waals surface area contributed by atoms with Gasteiger partial charge in [0, 0.05) is 34.4 Å². The first-order valence-corrected chi connectivity index (χ1v) is 22.4. The molecule has 6 aromatic carbocycles. The van der Waals surface area contributed by atoms with Gasteiger partial charge in [-0.25, -0.2) is 9.97 Å². The summed E-state index contributed by atoms with van der Waals surface area (Å²) in [5, 5.41) is 2.03. The topological polar surface area (TPSA) is 50.7 Å². The highest BCUT2D eigenvalue weighted by Crippen LogP contribution is 2.60. The second kappa shape index (κ2) is 13.0. The number of ether oxygens (including phenoxy) is 2. The van der Waals surface area contributed by atoms with E-state index in [-0.39, 0.29) is 11.8 Å². The molecule has 6 aliphatic rings. The van der Waals surface area contributed by atoms with Crippen molar-refractivity contribution in [3.05, 3.63) is 226 Å². The Balaban J connectivity index is 1.06. The number of fused-ring (bicyclic) bond motifs is 6. The molecule has 2 aliphatic heterocycles. The van der Waals surface area contributed by atoms with Gasteiger partial charge in [-0.3, -0.25) is 0 Å². The summed E-state index contributed by atoms with van der Waals surface area (Å²) in [4.78, 5) is 15.4. The van der Waals surface area contributed by atoms with Gasteiger partial charge < -0.3 is 19.3 Å². The number of benzene rings is 6. The first-order valence-electron chi connectivity index (χ1n) is 20.8. The van der Waals surface area contributed by atoms with Crippen molar-refractivity contribution in [2.75, 3.05) is 9.80 Å². The van der Waals surface area contributed by atoms with Crippen LogP contribution in [0.5, 0.6) is 23.0 Å². The quantitative estimate of drug-likeness (QED) is 0.176. The monoisotopic (exact) mass is 832 g/mol. The highest BCUT2D eigenvalue weighted by Gasteiger charge is 2.46. The fourth-order valence-corrected chi connectivity index (χ4v) is 12.0. The molecule has 62 heavy (non-hydrogen) atoms. The minimum absolute atomic E-state index is 0.0405. The highest BCUT2D eigenvalue weighted by molar-refractivity contribution is 7.20. The third kappa shape index (κ3) is 5.02. The number of hydrogen-bond donors (Lipinski definition) is 0. The van der Waals surface area contributed by atoms with E-state index in [1.165, 1.54) is 31.7 Å². The van der Waals surface area contributed by atoms with Crippen LogP contribution >= 0.6 is 22.7 Å². The number of aromatic nitrogens is 2. The molecule has 292 valence electrons. The molecule has 8 heteroatoms. The molecule has 8 aromatic rings. The zero-order chi connectivity index (χ0) is 40.5. The van der Waals surface area contributed by atoms with Crippen molar-refractivity contribution in [2.45, 2.75) is 0 Å². The number of anilines is 4. The van der Waals surface area contributed by atoms with Crippen molar-refractivity contribution in [3.8, 4) is 23.0 Å². The van der Waals surface area contributed by atoms with Crippen LogP contribution in [0.15, 0.2) is 216 Å². The van der Waals surface area contributed by atoms with Crippen LogP contribution in [0.25, 0.3) is 31.6 Å². The lowest BCUT2D eigenvalue weighted by atomic mass is 9.60. The molecule has 2 atom stereocenters. The van der Waals surface area contributed by atoms with Gasteiger partial charge in [0.05, 0.1) is 43.2 Å². The predicted octanol–water partition coefficient (Wildman–Crippen LogP) is 14.5. The Hall–Kier alpha value is -7.52. The van der Waals surface area contributed by atoms with E-state index in [4.69, 9.17) is 19.4 Å². The zero-order valence-corrected chi connectivity index (χ0v) is 34.5. The Morgan fingerprint density at radius 3 is 1.45 bits per heavy atom. The first kappa shape index (κ1) is 34.2. The third-order valence-corrected chi connectivity index (χ3v) is 14.8. The molecule has 0 bridgehead atoms. The molecular formula is C54H32N4O2S2. The first-order chi connectivity index (χ1) is 30.7. The van der Waals surface area contributed by atoms with E-state index in [9.17, 15) is 0 Å². The van der Waals surface area contributed by atoms with Crippen molar-refractivity contribution >= 4 is 77.0 Å². The van der Waals surface area contributed by atoms with Gasteiger partial charge in [-0.2, -0.15) is 0 Å². The summed E-state index contributed by atoms with van der Waals surface area (Å²) in [6.45, 7) is 0. The van der Waals surface area contributed by atoms with Gasteiger partial charge in [0.1, 0.15) is 10.0 Å². The second-order valence-corrected chi connectivity index (χ2v) is 18.2. The number of hydrogen-bond acceptors (Lipinski definition) is 8. The number of rotatable bonds is 4. The molecule has 0 spiro atoms. The molecule has 0 fully saturated rings.